The molecule has 0 amide bonds. The number of rotatable bonds is 2. The molecular weight excluding hydrogens is 250 g/mol. The van der Waals surface area contributed by atoms with E-state index in [4.69, 9.17) is 0 Å². The maximum Gasteiger partial charge on any atom is 0.336 e. The maximum absolute atomic E-state index is 11.4. The highest BCUT2D eigenvalue weighted by Crippen LogP contribution is 2.27. The van der Waals surface area contributed by atoms with Crippen molar-refractivity contribution >= 4 is 16.9 Å². The smallest absolute Gasteiger partial charge is 0.336 e. The van der Waals surface area contributed by atoms with Crippen LogP contribution in [0, 0.1) is 6.92 Å². The summed E-state index contributed by atoms with van der Waals surface area (Å²) in [5.74, 6) is -0.911. The minimum atomic E-state index is -0.911. The number of fused-ring (bicyclic) bond motifs is 1. The third-order valence-electron chi connectivity index (χ3n) is 3.32. The van der Waals surface area contributed by atoms with Gasteiger partial charge in [0, 0.05) is 11.6 Å². The van der Waals surface area contributed by atoms with Crippen molar-refractivity contribution in [3.8, 4) is 11.1 Å². The molecule has 0 saturated carbocycles. The summed E-state index contributed by atoms with van der Waals surface area (Å²) in [6, 6.07) is 15.0. The molecule has 1 heterocycles. The standard InChI is InChI=1S/C17H13NO2/c1-11-4-6-14(17(19)20)15(9-11)12-5-7-16-13(10-12)3-2-8-18-16/h2-10H,1H3,(H,19,20). The molecule has 3 rings (SSSR count). The van der Waals surface area contributed by atoms with Crippen molar-refractivity contribution in [2.45, 2.75) is 6.92 Å². The zero-order valence-electron chi connectivity index (χ0n) is 11.0. The van der Waals surface area contributed by atoms with Crippen LogP contribution in [0.3, 0.4) is 0 Å². The van der Waals surface area contributed by atoms with E-state index < -0.39 is 5.97 Å². The largest absolute Gasteiger partial charge is 0.478 e. The quantitative estimate of drug-likeness (QED) is 0.762. The van der Waals surface area contributed by atoms with E-state index in [2.05, 4.69) is 4.98 Å². The predicted molar refractivity (Wildman–Crippen MR) is 78.9 cm³/mol. The molecule has 20 heavy (non-hydrogen) atoms. The fourth-order valence-corrected chi connectivity index (χ4v) is 2.33. The third kappa shape index (κ3) is 2.14. The highest BCUT2D eigenvalue weighted by molar-refractivity contribution is 5.97. The number of hydrogen-bond donors (Lipinski definition) is 1. The third-order valence-corrected chi connectivity index (χ3v) is 3.32. The Balaban J connectivity index is 2.24. The Hall–Kier alpha value is -2.68. The normalized spacial score (nSPS) is 10.7. The van der Waals surface area contributed by atoms with Crippen LogP contribution < -0.4 is 0 Å². The summed E-state index contributed by atoms with van der Waals surface area (Å²) in [4.78, 5) is 15.6. The molecule has 0 fully saturated rings. The van der Waals surface area contributed by atoms with E-state index in [1.807, 2.05) is 49.4 Å². The SMILES string of the molecule is Cc1ccc(C(=O)O)c(-c2ccc3ncccc3c2)c1. The first-order valence-corrected chi connectivity index (χ1v) is 6.34. The van der Waals surface area contributed by atoms with Crippen LogP contribution in [0.5, 0.6) is 0 Å². The Labute approximate surface area is 116 Å². The van der Waals surface area contributed by atoms with Gasteiger partial charge in [0.1, 0.15) is 0 Å². The molecule has 2 aromatic carbocycles. The molecule has 1 aromatic heterocycles. The van der Waals surface area contributed by atoms with Gasteiger partial charge in [-0.3, -0.25) is 4.98 Å². The van der Waals surface area contributed by atoms with Gasteiger partial charge in [0.25, 0.3) is 0 Å². The Bertz CT molecular complexity index is 809. The van der Waals surface area contributed by atoms with Crippen molar-refractivity contribution in [3.63, 3.8) is 0 Å². The highest BCUT2D eigenvalue weighted by atomic mass is 16.4. The fourth-order valence-electron chi connectivity index (χ4n) is 2.33. The van der Waals surface area contributed by atoms with Gasteiger partial charge in [0.05, 0.1) is 11.1 Å². The van der Waals surface area contributed by atoms with Gasteiger partial charge < -0.3 is 5.11 Å². The van der Waals surface area contributed by atoms with Gasteiger partial charge in [-0.1, -0.05) is 29.8 Å². The summed E-state index contributed by atoms with van der Waals surface area (Å²) in [6.07, 6.45) is 1.75. The molecule has 1 N–H and O–H groups in total. The number of aryl methyl sites for hydroxylation is 1. The lowest BCUT2D eigenvalue weighted by atomic mass is 9.96. The van der Waals surface area contributed by atoms with E-state index in [1.54, 1.807) is 12.3 Å². The van der Waals surface area contributed by atoms with Gasteiger partial charge >= 0.3 is 5.97 Å². The number of benzene rings is 2. The van der Waals surface area contributed by atoms with Gasteiger partial charge in [-0.05, 0) is 42.3 Å². The minimum absolute atomic E-state index is 0.318. The van der Waals surface area contributed by atoms with E-state index in [-0.39, 0.29) is 0 Å². The molecule has 3 heteroatoms. The molecule has 0 aliphatic heterocycles. The fraction of sp³-hybridized carbons (Fsp3) is 0.0588. The van der Waals surface area contributed by atoms with E-state index in [0.717, 1.165) is 27.6 Å². The van der Waals surface area contributed by atoms with Crippen LogP contribution >= 0.6 is 0 Å². The van der Waals surface area contributed by atoms with E-state index >= 15 is 0 Å². The summed E-state index contributed by atoms with van der Waals surface area (Å²) in [5, 5.41) is 10.3. The molecule has 0 aliphatic carbocycles. The van der Waals surface area contributed by atoms with Gasteiger partial charge in [0.15, 0.2) is 0 Å². The number of pyridine rings is 1. The van der Waals surface area contributed by atoms with Crippen molar-refractivity contribution in [1.82, 2.24) is 4.98 Å². The van der Waals surface area contributed by atoms with Gasteiger partial charge in [-0.15, -0.1) is 0 Å². The molecule has 0 unspecified atom stereocenters. The monoisotopic (exact) mass is 263 g/mol. The lowest BCUT2D eigenvalue weighted by Gasteiger charge is -2.08. The van der Waals surface area contributed by atoms with Gasteiger partial charge in [-0.2, -0.15) is 0 Å². The molecule has 0 atom stereocenters. The van der Waals surface area contributed by atoms with Crippen LogP contribution in [0.4, 0.5) is 0 Å². The second-order valence-corrected chi connectivity index (χ2v) is 4.77. The molecule has 0 radical (unpaired) electrons. The maximum atomic E-state index is 11.4. The molecule has 0 bridgehead atoms. The van der Waals surface area contributed by atoms with E-state index in [1.165, 1.54) is 0 Å². The van der Waals surface area contributed by atoms with Crippen molar-refractivity contribution < 1.29 is 9.90 Å². The number of aromatic nitrogens is 1. The van der Waals surface area contributed by atoms with Crippen LogP contribution in [-0.2, 0) is 0 Å². The van der Waals surface area contributed by atoms with Crippen molar-refractivity contribution in [2.24, 2.45) is 0 Å². The summed E-state index contributed by atoms with van der Waals surface area (Å²) in [6.45, 7) is 1.96. The second-order valence-electron chi connectivity index (χ2n) is 4.77. The number of carbonyl (C=O) groups is 1. The average molecular weight is 263 g/mol. The van der Waals surface area contributed by atoms with Gasteiger partial charge in [0.2, 0.25) is 0 Å². The summed E-state index contributed by atoms with van der Waals surface area (Å²) in [5.41, 5.74) is 3.89. The first-order valence-electron chi connectivity index (χ1n) is 6.34. The Kier molecular flexibility index (Phi) is 2.95. The van der Waals surface area contributed by atoms with Crippen molar-refractivity contribution in [3.05, 3.63) is 65.9 Å². The first-order chi connectivity index (χ1) is 9.65. The number of aromatic carboxylic acids is 1. The topological polar surface area (TPSA) is 50.2 Å². The molecule has 0 aliphatic rings. The van der Waals surface area contributed by atoms with Gasteiger partial charge in [-0.25, -0.2) is 4.79 Å². The average Bonchev–Trinajstić information content (AvgIpc) is 2.46. The lowest BCUT2D eigenvalue weighted by Crippen LogP contribution is -1.99. The molecular formula is C17H13NO2. The van der Waals surface area contributed by atoms with E-state index in [0.29, 0.717) is 5.56 Å². The van der Waals surface area contributed by atoms with Crippen LogP contribution in [0.1, 0.15) is 15.9 Å². The summed E-state index contributed by atoms with van der Waals surface area (Å²) < 4.78 is 0. The van der Waals surface area contributed by atoms with Crippen LogP contribution in [-0.4, -0.2) is 16.1 Å². The number of carboxylic acid groups (broad SMARTS) is 1. The van der Waals surface area contributed by atoms with E-state index in [9.17, 15) is 9.90 Å². The zero-order valence-corrected chi connectivity index (χ0v) is 11.0. The van der Waals surface area contributed by atoms with Crippen LogP contribution in [0.15, 0.2) is 54.7 Å². The number of hydrogen-bond acceptors (Lipinski definition) is 2. The first kappa shape index (κ1) is 12.4. The number of carboxylic acids is 1. The minimum Gasteiger partial charge on any atom is -0.478 e. The number of nitrogens with zero attached hydrogens (tertiary/aromatic N) is 1. The Morgan fingerprint density at radius 2 is 1.95 bits per heavy atom. The van der Waals surface area contributed by atoms with Crippen molar-refractivity contribution in [1.29, 1.82) is 0 Å². The highest BCUT2D eigenvalue weighted by Gasteiger charge is 2.12. The second kappa shape index (κ2) is 4.78. The lowest BCUT2D eigenvalue weighted by molar-refractivity contribution is 0.0697. The molecule has 3 aromatic rings. The predicted octanol–water partition coefficient (Wildman–Crippen LogP) is 3.91. The molecule has 98 valence electrons. The van der Waals surface area contributed by atoms with Crippen molar-refractivity contribution in [2.75, 3.05) is 0 Å². The Morgan fingerprint density at radius 1 is 1.10 bits per heavy atom. The Morgan fingerprint density at radius 3 is 2.75 bits per heavy atom. The molecule has 0 saturated heterocycles. The summed E-state index contributed by atoms with van der Waals surface area (Å²) in [7, 11) is 0. The summed E-state index contributed by atoms with van der Waals surface area (Å²) >= 11 is 0. The molecule has 0 spiro atoms. The van der Waals surface area contributed by atoms with Crippen LogP contribution in [0.25, 0.3) is 22.0 Å². The zero-order chi connectivity index (χ0) is 14.1. The van der Waals surface area contributed by atoms with Crippen LogP contribution in [0.2, 0.25) is 0 Å². The molecule has 3 nitrogen and oxygen atoms in total.